The lowest BCUT2D eigenvalue weighted by molar-refractivity contribution is -0.129. The molecule has 1 fully saturated rings. The molecular formula is C19H19N3O4. The largest absolute Gasteiger partial charge is 0.497 e. The quantitative estimate of drug-likeness (QED) is 0.678. The Morgan fingerprint density at radius 2 is 1.73 bits per heavy atom. The first-order chi connectivity index (χ1) is 12.3. The minimum absolute atomic E-state index is 0.0675. The van der Waals surface area contributed by atoms with Crippen LogP contribution in [0.5, 0.6) is 5.75 Å². The van der Waals surface area contributed by atoms with Gasteiger partial charge in [-0.2, -0.15) is 0 Å². The van der Waals surface area contributed by atoms with Crippen LogP contribution >= 0.6 is 0 Å². The summed E-state index contributed by atoms with van der Waals surface area (Å²) in [7, 11) is 2.94. The Bertz CT molecular complexity index is 938. The maximum atomic E-state index is 12.2. The highest BCUT2D eigenvalue weighted by atomic mass is 16.5. The summed E-state index contributed by atoms with van der Waals surface area (Å²) in [6.07, 6.45) is 1.52. The van der Waals surface area contributed by atoms with Crippen LogP contribution in [0.3, 0.4) is 0 Å². The van der Waals surface area contributed by atoms with Crippen molar-refractivity contribution < 1.29 is 19.1 Å². The van der Waals surface area contributed by atoms with Crippen LogP contribution in [-0.4, -0.2) is 41.5 Å². The van der Waals surface area contributed by atoms with E-state index in [4.69, 9.17) is 4.74 Å². The lowest BCUT2D eigenvalue weighted by Crippen LogP contribution is -2.52. The fourth-order valence-corrected chi connectivity index (χ4v) is 2.96. The summed E-state index contributed by atoms with van der Waals surface area (Å²) in [5, 5.41) is 2.15. The van der Waals surface area contributed by atoms with Crippen LogP contribution < -0.4 is 10.1 Å². The van der Waals surface area contributed by atoms with Gasteiger partial charge >= 0.3 is 6.03 Å². The number of carbonyl (C=O) groups is 3. The van der Waals surface area contributed by atoms with Gasteiger partial charge < -0.3 is 9.30 Å². The molecule has 7 heteroatoms. The average Bonchev–Trinajstić information content (AvgIpc) is 2.90. The van der Waals surface area contributed by atoms with E-state index in [0.717, 1.165) is 33.3 Å². The summed E-state index contributed by atoms with van der Waals surface area (Å²) in [6, 6.07) is 8.77. The molecule has 0 spiro atoms. The monoisotopic (exact) mass is 353 g/mol. The molecule has 1 saturated heterocycles. The van der Waals surface area contributed by atoms with Gasteiger partial charge in [0.15, 0.2) is 0 Å². The maximum Gasteiger partial charge on any atom is 0.331 e. The van der Waals surface area contributed by atoms with Crippen LogP contribution in [0.15, 0.2) is 35.9 Å². The number of likely N-dealkylation sites (N-methyl/N-ethyl adjacent to an activating group) is 1. The molecule has 0 unspecified atom stereocenters. The van der Waals surface area contributed by atoms with Crippen molar-refractivity contribution in [2.45, 2.75) is 13.8 Å². The van der Waals surface area contributed by atoms with Crippen molar-refractivity contribution in [3.63, 3.8) is 0 Å². The topological polar surface area (TPSA) is 80.6 Å². The number of aromatic nitrogens is 1. The summed E-state index contributed by atoms with van der Waals surface area (Å²) < 4.78 is 7.20. The molecule has 134 valence electrons. The van der Waals surface area contributed by atoms with Crippen LogP contribution in [0.2, 0.25) is 0 Å². The first-order valence-corrected chi connectivity index (χ1v) is 8.02. The van der Waals surface area contributed by atoms with E-state index in [1.54, 1.807) is 7.11 Å². The Labute approximate surface area is 150 Å². The second kappa shape index (κ2) is 6.51. The van der Waals surface area contributed by atoms with Gasteiger partial charge in [0, 0.05) is 24.1 Å². The molecule has 1 aliphatic rings. The number of ether oxygens (including phenoxy) is 1. The lowest BCUT2D eigenvalue weighted by Gasteiger charge is -2.22. The van der Waals surface area contributed by atoms with Gasteiger partial charge in [-0.15, -0.1) is 0 Å². The number of nitrogens with one attached hydrogen (secondary N) is 1. The Kier molecular flexibility index (Phi) is 4.38. The fraction of sp³-hybridized carbons (Fsp3) is 0.211. The summed E-state index contributed by atoms with van der Waals surface area (Å²) in [5.41, 5.74) is 3.44. The minimum atomic E-state index is -0.721. The van der Waals surface area contributed by atoms with E-state index < -0.39 is 17.8 Å². The van der Waals surface area contributed by atoms with Gasteiger partial charge in [-0.3, -0.25) is 19.8 Å². The van der Waals surface area contributed by atoms with Crippen molar-refractivity contribution in [1.82, 2.24) is 14.8 Å². The predicted molar refractivity (Wildman–Crippen MR) is 96.1 cm³/mol. The Morgan fingerprint density at radius 3 is 2.35 bits per heavy atom. The van der Waals surface area contributed by atoms with Crippen LogP contribution in [-0.2, 0) is 9.59 Å². The van der Waals surface area contributed by atoms with Crippen molar-refractivity contribution in [1.29, 1.82) is 0 Å². The molecule has 7 nitrogen and oxygen atoms in total. The van der Waals surface area contributed by atoms with E-state index in [1.807, 2.05) is 48.7 Å². The smallest absolute Gasteiger partial charge is 0.331 e. The second-order valence-corrected chi connectivity index (χ2v) is 6.04. The first kappa shape index (κ1) is 17.5. The van der Waals surface area contributed by atoms with Gasteiger partial charge in [0.25, 0.3) is 11.8 Å². The summed E-state index contributed by atoms with van der Waals surface area (Å²) in [5.74, 6) is -0.545. The molecule has 4 amide bonds. The SMILES string of the molecule is COc1ccc(-n2c(C)cc(C=C3C(=O)NC(=O)N(C)C3=O)c2C)cc1. The van der Waals surface area contributed by atoms with Crippen molar-refractivity contribution >= 4 is 23.9 Å². The highest BCUT2D eigenvalue weighted by Gasteiger charge is 2.33. The summed E-state index contributed by atoms with van der Waals surface area (Å²) in [6.45, 7) is 3.85. The molecule has 1 aromatic carbocycles. The normalized spacial score (nSPS) is 16.2. The zero-order valence-electron chi connectivity index (χ0n) is 15.0. The number of hydrogen-bond donors (Lipinski definition) is 1. The Balaban J connectivity index is 2.03. The van der Waals surface area contributed by atoms with E-state index in [1.165, 1.54) is 13.1 Å². The number of hydrogen-bond acceptors (Lipinski definition) is 4. The number of methoxy groups -OCH3 is 1. The Morgan fingerprint density at radius 1 is 1.08 bits per heavy atom. The van der Waals surface area contributed by atoms with Gasteiger partial charge in [0.05, 0.1) is 7.11 Å². The first-order valence-electron chi connectivity index (χ1n) is 8.02. The molecule has 1 aromatic heterocycles. The van der Waals surface area contributed by atoms with E-state index in [-0.39, 0.29) is 5.57 Å². The van der Waals surface area contributed by atoms with Crippen LogP contribution in [0, 0.1) is 13.8 Å². The predicted octanol–water partition coefficient (Wildman–Crippen LogP) is 2.19. The average molecular weight is 353 g/mol. The van der Waals surface area contributed by atoms with Crippen LogP contribution in [0.1, 0.15) is 17.0 Å². The van der Waals surface area contributed by atoms with E-state index in [0.29, 0.717) is 0 Å². The van der Waals surface area contributed by atoms with E-state index >= 15 is 0 Å². The number of rotatable bonds is 3. The number of barbiturate groups is 1. The van der Waals surface area contributed by atoms with E-state index in [2.05, 4.69) is 5.32 Å². The zero-order valence-corrected chi connectivity index (χ0v) is 15.0. The van der Waals surface area contributed by atoms with Crippen molar-refractivity contribution in [3.05, 3.63) is 52.9 Å². The van der Waals surface area contributed by atoms with Crippen molar-refractivity contribution in [2.75, 3.05) is 14.2 Å². The third-order valence-corrected chi connectivity index (χ3v) is 4.41. The molecule has 2 heterocycles. The maximum absolute atomic E-state index is 12.2. The number of nitrogens with zero attached hydrogens (tertiary/aromatic N) is 2. The number of benzene rings is 1. The molecule has 0 bridgehead atoms. The third kappa shape index (κ3) is 2.88. The van der Waals surface area contributed by atoms with Gasteiger partial charge in [-0.1, -0.05) is 0 Å². The number of carbonyl (C=O) groups excluding carboxylic acids is 3. The standard InChI is InChI=1S/C19H19N3O4/c1-11-9-13(10-16-17(23)20-19(25)21(3)18(16)24)12(2)22(11)14-5-7-15(26-4)8-6-14/h5-10H,1-4H3,(H,20,23,25). The molecule has 0 aliphatic carbocycles. The molecule has 0 atom stereocenters. The van der Waals surface area contributed by atoms with Crippen LogP contribution in [0.4, 0.5) is 4.79 Å². The summed E-state index contributed by atoms with van der Waals surface area (Å²) in [4.78, 5) is 36.7. The van der Waals surface area contributed by atoms with Gasteiger partial charge in [0.1, 0.15) is 11.3 Å². The number of amides is 4. The highest BCUT2D eigenvalue weighted by Crippen LogP contribution is 2.25. The minimum Gasteiger partial charge on any atom is -0.497 e. The molecular weight excluding hydrogens is 334 g/mol. The fourth-order valence-electron chi connectivity index (χ4n) is 2.96. The molecule has 2 aromatic rings. The van der Waals surface area contributed by atoms with Crippen LogP contribution in [0.25, 0.3) is 11.8 Å². The lowest BCUT2D eigenvalue weighted by atomic mass is 10.1. The summed E-state index contributed by atoms with van der Waals surface area (Å²) >= 11 is 0. The van der Waals surface area contributed by atoms with E-state index in [9.17, 15) is 14.4 Å². The second-order valence-electron chi connectivity index (χ2n) is 6.04. The number of urea groups is 1. The molecule has 1 N–H and O–H groups in total. The Hall–Kier alpha value is -3.35. The highest BCUT2D eigenvalue weighted by molar-refractivity contribution is 6.30. The number of aryl methyl sites for hydroxylation is 1. The molecule has 26 heavy (non-hydrogen) atoms. The van der Waals surface area contributed by atoms with Gasteiger partial charge in [-0.25, -0.2) is 4.79 Å². The van der Waals surface area contributed by atoms with Gasteiger partial charge in [-0.05, 0) is 55.8 Å². The zero-order chi connectivity index (χ0) is 19.0. The molecule has 0 radical (unpaired) electrons. The molecule has 1 aliphatic heterocycles. The number of imide groups is 2. The molecule has 3 rings (SSSR count). The van der Waals surface area contributed by atoms with Crippen molar-refractivity contribution in [2.24, 2.45) is 0 Å². The van der Waals surface area contributed by atoms with Gasteiger partial charge in [0.2, 0.25) is 0 Å². The molecule has 0 saturated carbocycles. The third-order valence-electron chi connectivity index (χ3n) is 4.41. The van der Waals surface area contributed by atoms with Crippen molar-refractivity contribution in [3.8, 4) is 11.4 Å².